The lowest BCUT2D eigenvalue weighted by molar-refractivity contribution is 0.686. The predicted octanol–water partition coefficient (Wildman–Crippen LogP) is 3.21. The quantitative estimate of drug-likeness (QED) is 0.709. The highest BCUT2D eigenvalue weighted by molar-refractivity contribution is 5.88. The summed E-state index contributed by atoms with van der Waals surface area (Å²) in [6, 6.07) is 9.18. The van der Waals surface area contributed by atoms with Gasteiger partial charge in [0.05, 0.1) is 23.8 Å². The molecule has 0 atom stereocenters. The van der Waals surface area contributed by atoms with Gasteiger partial charge in [0, 0.05) is 18.6 Å². The molecule has 3 aromatic heterocycles. The van der Waals surface area contributed by atoms with Gasteiger partial charge in [-0.05, 0) is 31.0 Å². The SMILES string of the molecule is C=N/C(=C(F)\C=N/CNc1cccnc1)c1cnc2ccccn12. The van der Waals surface area contributed by atoms with Crippen LogP contribution < -0.4 is 5.32 Å². The van der Waals surface area contributed by atoms with Crippen LogP contribution in [0.25, 0.3) is 11.3 Å². The first-order valence-electron chi connectivity index (χ1n) is 7.22. The summed E-state index contributed by atoms with van der Waals surface area (Å²) >= 11 is 0. The monoisotopic (exact) mass is 322 g/mol. The van der Waals surface area contributed by atoms with E-state index in [1.54, 1.807) is 35.3 Å². The number of fused-ring (bicyclic) bond motifs is 1. The molecule has 7 heteroatoms. The fourth-order valence-electron chi connectivity index (χ4n) is 2.18. The van der Waals surface area contributed by atoms with E-state index < -0.39 is 5.83 Å². The number of aromatic nitrogens is 3. The third-order valence-corrected chi connectivity index (χ3v) is 3.28. The number of allylic oxidation sites excluding steroid dienone is 1. The van der Waals surface area contributed by atoms with Crippen LogP contribution in [0.3, 0.4) is 0 Å². The van der Waals surface area contributed by atoms with E-state index in [2.05, 4.69) is 32.0 Å². The van der Waals surface area contributed by atoms with Crippen molar-refractivity contribution in [3.63, 3.8) is 0 Å². The predicted molar refractivity (Wildman–Crippen MR) is 94.0 cm³/mol. The van der Waals surface area contributed by atoms with E-state index in [9.17, 15) is 4.39 Å². The van der Waals surface area contributed by atoms with Crippen LogP contribution in [-0.2, 0) is 0 Å². The van der Waals surface area contributed by atoms with Crippen LogP contribution in [-0.4, -0.2) is 34.0 Å². The van der Waals surface area contributed by atoms with E-state index in [4.69, 9.17) is 0 Å². The largest absolute Gasteiger partial charge is 0.365 e. The van der Waals surface area contributed by atoms with Crippen molar-refractivity contribution in [3.8, 4) is 0 Å². The number of hydrogen-bond donors (Lipinski definition) is 1. The molecule has 3 aromatic rings. The Kier molecular flexibility index (Phi) is 4.71. The van der Waals surface area contributed by atoms with Crippen molar-refractivity contribution in [1.82, 2.24) is 14.4 Å². The van der Waals surface area contributed by atoms with Gasteiger partial charge in [0.25, 0.3) is 0 Å². The second kappa shape index (κ2) is 7.28. The average Bonchev–Trinajstić information content (AvgIpc) is 3.04. The molecule has 0 fully saturated rings. The topological polar surface area (TPSA) is 66.9 Å². The third kappa shape index (κ3) is 3.35. The van der Waals surface area contributed by atoms with Crippen molar-refractivity contribution in [2.75, 3.05) is 12.0 Å². The van der Waals surface area contributed by atoms with Crippen molar-refractivity contribution in [2.24, 2.45) is 9.98 Å². The van der Waals surface area contributed by atoms with Crippen LogP contribution in [0, 0.1) is 0 Å². The molecule has 6 nitrogen and oxygen atoms in total. The molecule has 3 rings (SSSR count). The average molecular weight is 322 g/mol. The number of nitrogens with zero attached hydrogens (tertiary/aromatic N) is 5. The Labute approximate surface area is 138 Å². The lowest BCUT2D eigenvalue weighted by Gasteiger charge is -2.03. The Bertz CT molecular complexity index is 898. The molecule has 0 aromatic carbocycles. The van der Waals surface area contributed by atoms with E-state index in [-0.39, 0.29) is 12.4 Å². The summed E-state index contributed by atoms with van der Waals surface area (Å²) in [5.74, 6) is -0.580. The van der Waals surface area contributed by atoms with Crippen LogP contribution >= 0.6 is 0 Å². The van der Waals surface area contributed by atoms with Gasteiger partial charge in [0.1, 0.15) is 18.0 Å². The van der Waals surface area contributed by atoms with E-state index in [0.717, 1.165) is 11.9 Å². The van der Waals surface area contributed by atoms with Crippen molar-refractivity contribution >= 4 is 30.0 Å². The summed E-state index contributed by atoms with van der Waals surface area (Å²) in [5, 5.41) is 3.01. The van der Waals surface area contributed by atoms with Crippen molar-refractivity contribution in [1.29, 1.82) is 0 Å². The number of nitrogens with one attached hydrogen (secondary N) is 1. The molecule has 0 unspecified atom stereocenters. The number of anilines is 1. The van der Waals surface area contributed by atoms with Gasteiger partial charge >= 0.3 is 0 Å². The highest BCUT2D eigenvalue weighted by atomic mass is 19.1. The van der Waals surface area contributed by atoms with Crippen LogP contribution in [0.1, 0.15) is 5.69 Å². The zero-order valence-electron chi connectivity index (χ0n) is 12.8. The van der Waals surface area contributed by atoms with Crippen molar-refractivity contribution in [3.05, 3.63) is 66.6 Å². The fourth-order valence-corrected chi connectivity index (χ4v) is 2.18. The first-order valence-corrected chi connectivity index (χ1v) is 7.22. The molecule has 1 N–H and O–H groups in total. The normalized spacial score (nSPS) is 12.4. The molecular weight excluding hydrogens is 307 g/mol. The van der Waals surface area contributed by atoms with Crippen molar-refractivity contribution in [2.45, 2.75) is 0 Å². The zero-order valence-corrected chi connectivity index (χ0v) is 12.8. The molecule has 0 aliphatic rings. The number of halogens is 1. The van der Waals surface area contributed by atoms with E-state index in [1.807, 2.05) is 24.3 Å². The number of aliphatic imine (C=N–C) groups is 2. The van der Waals surface area contributed by atoms with E-state index in [1.165, 1.54) is 0 Å². The maximum absolute atomic E-state index is 14.4. The van der Waals surface area contributed by atoms with Gasteiger partial charge in [-0.25, -0.2) is 9.37 Å². The Hall–Kier alpha value is -3.35. The summed E-state index contributed by atoms with van der Waals surface area (Å²) in [7, 11) is 0. The molecule has 0 amide bonds. The minimum Gasteiger partial charge on any atom is -0.365 e. The second-order valence-electron chi connectivity index (χ2n) is 4.82. The molecule has 120 valence electrons. The van der Waals surface area contributed by atoms with Gasteiger partial charge in [0.15, 0.2) is 5.83 Å². The van der Waals surface area contributed by atoms with Crippen molar-refractivity contribution < 1.29 is 4.39 Å². The first kappa shape index (κ1) is 15.5. The van der Waals surface area contributed by atoms with Gasteiger partial charge in [-0.2, -0.15) is 0 Å². The van der Waals surface area contributed by atoms with Crippen LogP contribution in [0.15, 0.2) is 70.9 Å². The third-order valence-electron chi connectivity index (χ3n) is 3.28. The minimum absolute atomic E-state index is 0.0961. The lowest BCUT2D eigenvalue weighted by atomic mass is 10.3. The molecule has 0 bridgehead atoms. The molecule has 0 aliphatic heterocycles. The molecule has 0 saturated carbocycles. The van der Waals surface area contributed by atoms with E-state index in [0.29, 0.717) is 11.3 Å². The summed E-state index contributed by atoms with van der Waals surface area (Å²) in [6.45, 7) is 3.67. The Morgan fingerprint density at radius 3 is 3.00 bits per heavy atom. The highest BCUT2D eigenvalue weighted by Crippen LogP contribution is 2.21. The summed E-state index contributed by atoms with van der Waals surface area (Å²) in [5.41, 5.74) is 2.13. The van der Waals surface area contributed by atoms with Crippen LogP contribution in [0.4, 0.5) is 10.1 Å². The number of hydrogen-bond acceptors (Lipinski definition) is 5. The highest BCUT2D eigenvalue weighted by Gasteiger charge is 2.11. The first-order chi connectivity index (χ1) is 11.8. The summed E-state index contributed by atoms with van der Waals surface area (Å²) in [4.78, 5) is 16.0. The van der Waals surface area contributed by atoms with Gasteiger partial charge in [0.2, 0.25) is 0 Å². The summed E-state index contributed by atoms with van der Waals surface area (Å²) < 4.78 is 16.1. The van der Waals surface area contributed by atoms with Gasteiger partial charge in [-0.15, -0.1) is 0 Å². The maximum Gasteiger partial charge on any atom is 0.168 e. The van der Waals surface area contributed by atoms with Crippen LogP contribution in [0.2, 0.25) is 0 Å². The zero-order chi connectivity index (χ0) is 16.8. The minimum atomic E-state index is -0.580. The van der Waals surface area contributed by atoms with Gasteiger partial charge in [-0.1, -0.05) is 6.07 Å². The molecule has 0 aliphatic carbocycles. The standard InChI is InChI=1S/C17H15FN6/c1-19-17(15-11-22-16-6-2-3-8-24(15)16)14(18)10-21-12-23-13-5-4-7-20-9-13/h2-11,23H,1,12H2/b17-14+,21-10-. The molecule has 24 heavy (non-hydrogen) atoms. The Morgan fingerprint density at radius 2 is 2.21 bits per heavy atom. The maximum atomic E-state index is 14.4. The molecular formula is C17H15FN6. The van der Waals surface area contributed by atoms with E-state index >= 15 is 0 Å². The Balaban J connectivity index is 1.78. The van der Waals surface area contributed by atoms with Crippen LogP contribution in [0.5, 0.6) is 0 Å². The van der Waals surface area contributed by atoms with Gasteiger partial charge < -0.3 is 5.32 Å². The second-order valence-corrected chi connectivity index (χ2v) is 4.82. The molecule has 0 spiro atoms. The molecule has 3 heterocycles. The smallest absolute Gasteiger partial charge is 0.168 e. The molecule has 0 saturated heterocycles. The lowest BCUT2D eigenvalue weighted by Crippen LogP contribution is -1.99. The molecule has 0 radical (unpaired) electrons. The number of rotatable bonds is 6. The number of imidazole rings is 1. The van der Waals surface area contributed by atoms with Gasteiger partial charge in [-0.3, -0.25) is 19.4 Å². The fraction of sp³-hybridized carbons (Fsp3) is 0.0588. The number of pyridine rings is 2. The summed E-state index contributed by atoms with van der Waals surface area (Å²) in [6.07, 6.45) is 7.80. The Morgan fingerprint density at radius 1 is 1.29 bits per heavy atom.